The summed E-state index contributed by atoms with van der Waals surface area (Å²) in [5.74, 6) is -0.686. The van der Waals surface area contributed by atoms with E-state index in [4.69, 9.17) is 10.5 Å². The second-order valence-corrected chi connectivity index (χ2v) is 5.70. The van der Waals surface area contributed by atoms with Crippen LogP contribution in [0.25, 0.3) is 0 Å². The Labute approximate surface area is 138 Å². The summed E-state index contributed by atoms with van der Waals surface area (Å²) < 4.78 is 4.99. The van der Waals surface area contributed by atoms with Crippen molar-refractivity contribution >= 4 is 28.9 Å². The van der Waals surface area contributed by atoms with Crippen LogP contribution >= 0.6 is 11.3 Å². The summed E-state index contributed by atoms with van der Waals surface area (Å²) in [4.78, 5) is 28.4. The number of carbonyl (C=O) groups is 2. The van der Waals surface area contributed by atoms with E-state index in [-0.39, 0.29) is 18.9 Å². The van der Waals surface area contributed by atoms with Crippen LogP contribution in [0.5, 0.6) is 0 Å². The number of thiazole rings is 1. The molecule has 1 amide bonds. The van der Waals surface area contributed by atoms with Crippen LogP contribution in [0.1, 0.15) is 28.0 Å². The first-order valence-electron chi connectivity index (χ1n) is 7.33. The number of carbonyl (C=O) groups excluding carboxylic acids is 2. The van der Waals surface area contributed by atoms with E-state index >= 15 is 0 Å². The monoisotopic (exact) mass is 333 g/mol. The van der Waals surface area contributed by atoms with Gasteiger partial charge >= 0.3 is 5.97 Å². The van der Waals surface area contributed by atoms with E-state index in [9.17, 15) is 9.59 Å². The van der Waals surface area contributed by atoms with Gasteiger partial charge in [-0.2, -0.15) is 0 Å². The Balaban J connectivity index is 2.03. The zero-order valence-electron chi connectivity index (χ0n) is 12.9. The SMILES string of the molecule is CCOC(=O)c1ccccc1NC(=O)Cc1csc(CCN)n1. The van der Waals surface area contributed by atoms with E-state index in [2.05, 4.69) is 10.3 Å². The summed E-state index contributed by atoms with van der Waals surface area (Å²) in [6, 6.07) is 6.77. The highest BCUT2D eigenvalue weighted by Crippen LogP contribution is 2.17. The van der Waals surface area contributed by atoms with E-state index in [1.807, 2.05) is 5.38 Å². The standard InChI is InChI=1S/C16H19N3O3S/c1-2-22-16(21)12-5-3-4-6-13(12)19-14(20)9-11-10-23-15(18-11)7-8-17/h3-6,10H,2,7-9,17H2,1H3,(H,19,20). The number of hydrogen-bond donors (Lipinski definition) is 2. The fourth-order valence-electron chi connectivity index (χ4n) is 2.01. The molecule has 1 heterocycles. The smallest absolute Gasteiger partial charge is 0.340 e. The molecule has 6 nitrogen and oxygen atoms in total. The first kappa shape index (κ1) is 17.1. The summed E-state index contributed by atoms with van der Waals surface area (Å²) in [6.07, 6.45) is 0.857. The van der Waals surface area contributed by atoms with Crippen LogP contribution in [0.3, 0.4) is 0 Å². The van der Waals surface area contributed by atoms with Gasteiger partial charge in [0.25, 0.3) is 0 Å². The summed E-state index contributed by atoms with van der Waals surface area (Å²) in [5.41, 5.74) is 6.96. The van der Waals surface area contributed by atoms with Gasteiger partial charge in [0, 0.05) is 11.8 Å². The summed E-state index contributed by atoms with van der Waals surface area (Å²) in [6.45, 7) is 2.55. The molecule has 0 fully saturated rings. The minimum Gasteiger partial charge on any atom is -0.462 e. The van der Waals surface area contributed by atoms with Gasteiger partial charge in [0.1, 0.15) is 0 Å². The quantitative estimate of drug-likeness (QED) is 0.756. The molecule has 122 valence electrons. The molecule has 0 unspecified atom stereocenters. The van der Waals surface area contributed by atoms with E-state index in [0.717, 1.165) is 5.01 Å². The highest BCUT2D eigenvalue weighted by atomic mass is 32.1. The van der Waals surface area contributed by atoms with E-state index < -0.39 is 5.97 Å². The number of benzene rings is 1. The molecule has 2 rings (SSSR count). The van der Waals surface area contributed by atoms with Crippen molar-refractivity contribution in [2.24, 2.45) is 5.73 Å². The Hall–Kier alpha value is -2.25. The lowest BCUT2D eigenvalue weighted by Gasteiger charge is -2.09. The molecule has 1 aromatic heterocycles. The minimum absolute atomic E-state index is 0.151. The number of ether oxygens (including phenoxy) is 1. The van der Waals surface area contributed by atoms with Gasteiger partial charge in [0.15, 0.2) is 0 Å². The second kappa shape index (κ2) is 8.40. The molecule has 23 heavy (non-hydrogen) atoms. The summed E-state index contributed by atoms with van der Waals surface area (Å²) in [5, 5.41) is 5.51. The Kier molecular flexibility index (Phi) is 6.25. The average molecular weight is 333 g/mol. The molecule has 0 radical (unpaired) electrons. The molecule has 0 aliphatic rings. The summed E-state index contributed by atoms with van der Waals surface area (Å²) >= 11 is 1.49. The molecule has 0 saturated carbocycles. The lowest BCUT2D eigenvalue weighted by Crippen LogP contribution is -2.17. The summed E-state index contributed by atoms with van der Waals surface area (Å²) in [7, 11) is 0. The molecule has 0 atom stereocenters. The predicted molar refractivity (Wildman–Crippen MR) is 89.6 cm³/mol. The number of aromatic nitrogens is 1. The van der Waals surface area contributed by atoms with Crippen molar-refractivity contribution in [1.82, 2.24) is 4.98 Å². The Morgan fingerprint density at radius 1 is 1.35 bits per heavy atom. The zero-order valence-corrected chi connectivity index (χ0v) is 13.7. The number of rotatable bonds is 7. The molecule has 0 saturated heterocycles. The van der Waals surface area contributed by atoms with E-state index in [1.54, 1.807) is 31.2 Å². The van der Waals surface area contributed by atoms with Crippen LogP contribution in [-0.4, -0.2) is 30.0 Å². The third-order valence-electron chi connectivity index (χ3n) is 3.00. The van der Waals surface area contributed by atoms with Crippen LogP contribution in [0.15, 0.2) is 29.6 Å². The molecule has 0 aliphatic heterocycles. The second-order valence-electron chi connectivity index (χ2n) is 4.76. The Morgan fingerprint density at radius 3 is 2.87 bits per heavy atom. The third-order valence-corrected chi connectivity index (χ3v) is 3.95. The van der Waals surface area contributed by atoms with E-state index in [1.165, 1.54) is 11.3 Å². The largest absolute Gasteiger partial charge is 0.462 e. The van der Waals surface area contributed by atoms with Crippen LogP contribution in [0, 0.1) is 0 Å². The number of nitrogens with two attached hydrogens (primary N) is 1. The molecular formula is C16H19N3O3S. The lowest BCUT2D eigenvalue weighted by atomic mass is 10.1. The lowest BCUT2D eigenvalue weighted by molar-refractivity contribution is -0.115. The van der Waals surface area contributed by atoms with Gasteiger partial charge in [-0.3, -0.25) is 4.79 Å². The van der Waals surface area contributed by atoms with Gasteiger partial charge in [0.05, 0.1) is 35.0 Å². The zero-order chi connectivity index (χ0) is 16.7. The third kappa shape index (κ3) is 4.87. The van der Waals surface area contributed by atoms with Gasteiger partial charge < -0.3 is 15.8 Å². The molecule has 0 bridgehead atoms. The first-order chi connectivity index (χ1) is 11.1. The highest BCUT2D eigenvalue weighted by Gasteiger charge is 2.14. The van der Waals surface area contributed by atoms with Gasteiger partial charge in [-0.05, 0) is 25.6 Å². The van der Waals surface area contributed by atoms with Crippen LogP contribution in [0.2, 0.25) is 0 Å². The van der Waals surface area contributed by atoms with E-state index in [0.29, 0.717) is 29.9 Å². The number of hydrogen-bond acceptors (Lipinski definition) is 6. The van der Waals surface area contributed by atoms with Crippen molar-refractivity contribution in [2.75, 3.05) is 18.5 Å². The number of nitrogens with one attached hydrogen (secondary N) is 1. The molecule has 2 aromatic rings. The fourth-order valence-corrected chi connectivity index (χ4v) is 2.82. The Bertz CT molecular complexity index is 685. The number of anilines is 1. The van der Waals surface area contributed by atoms with Crippen molar-refractivity contribution in [3.63, 3.8) is 0 Å². The maximum absolute atomic E-state index is 12.2. The van der Waals surface area contributed by atoms with Gasteiger partial charge in [-0.1, -0.05) is 12.1 Å². The van der Waals surface area contributed by atoms with Crippen LogP contribution in [-0.2, 0) is 22.4 Å². The van der Waals surface area contributed by atoms with Crippen molar-refractivity contribution in [2.45, 2.75) is 19.8 Å². The van der Waals surface area contributed by atoms with Crippen molar-refractivity contribution in [1.29, 1.82) is 0 Å². The van der Waals surface area contributed by atoms with Crippen molar-refractivity contribution < 1.29 is 14.3 Å². The van der Waals surface area contributed by atoms with Crippen LogP contribution in [0.4, 0.5) is 5.69 Å². The maximum atomic E-state index is 12.2. The topological polar surface area (TPSA) is 94.3 Å². The van der Waals surface area contributed by atoms with Crippen molar-refractivity contribution in [3.8, 4) is 0 Å². The molecule has 7 heteroatoms. The predicted octanol–water partition coefficient (Wildman–Crippen LogP) is 2.00. The maximum Gasteiger partial charge on any atom is 0.340 e. The Morgan fingerprint density at radius 2 is 2.13 bits per heavy atom. The molecular weight excluding hydrogens is 314 g/mol. The molecule has 1 aromatic carbocycles. The first-order valence-corrected chi connectivity index (χ1v) is 8.21. The van der Waals surface area contributed by atoms with Gasteiger partial charge in [-0.25, -0.2) is 9.78 Å². The normalized spacial score (nSPS) is 10.3. The van der Waals surface area contributed by atoms with Gasteiger partial charge in [-0.15, -0.1) is 11.3 Å². The number of para-hydroxylation sites is 1. The molecule has 3 N–H and O–H groups in total. The minimum atomic E-state index is -0.456. The fraction of sp³-hybridized carbons (Fsp3) is 0.312. The molecule has 0 spiro atoms. The van der Waals surface area contributed by atoms with Gasteiger partial charge in [0.2, 0.25) is 5.91 Å². The van der Waals surface area contributed by atoms with Crippen LogP contribution < -0.4 is 11.1 Å². The number of amides is 1. The number of nitrogens with zero attached hydrogens (tertiary/aromatic N) is 1. The highest BCUT2D eigenvalue weighted by molar-refractivity contribution is 7.09. The average Bonchev–Trinajstić information content (AvgIpc) is 2.95. The van der Waals surface area contributed by atoms with Crippen molar-refractivity contribution in [3.05, 3.63) is 45.9 Å². The number of esters is 1. The molecule has 0 aliphatic carbocycles.